The van der Waals surface area contributed by atoms with Crippen molar-refractivity contribution in [2.24, 2.45) is 0 Å². The Bertz CT molecular complexity index is 653. The molecule has 0 radical (unpaired) electrons. The van der Waals surface area contributed by atoms with Crippen LogP contribution in [0, 0.1) is 0 Å². The number of aryl methyl sites for hydroxylation is 1. The predicted molar refractivity (Wildman–Crippen MR) is 90.0 cm³/mol. The van der Waals surface area contributed by atoms with Gasteiger partial charge in [-0.2, -0.15) is 0 Å². The van der Waals surface area contributed by atoms with Crippen LogP contribution >= 0.6 is 0 Å². The van der Waals surface area contributed by atoms with Gasteiger partial charge in [-0.15, -0.1) is 0 Å². The second-order valence-corrected chi connectivity index (χ2v) is 5.95. The highest BCUT2D eigenvalue weighted by Gasteiger charge is 2.28. The average Bonchev–Trinajstić information content (AvgIpc) is 2.99. The first-order valence-electron chi connectivity index (χ1n) is 7.76. The molecule has 0 unspecified atom stereocenters. The van der Waals surface area contributed by atoms with Gasteiger partial charge in [0.25, 0.3) is 0 Å². The maximum atomic E-state index is 12.6. The number of nitrogens with zero attached hydrogens (tertiary/aromatic N) is 2. The Morgan fingerprint density at radius 2 is 1.73 bits per heavy atom. The Balaban J connectivity index is 1.68. The highest BCUT2D eigenvalue weighted by Crippen LogP contribution is 2.34. The van der Waals surface area contributed by atoms with Crippen molar-refractivity contribution >= 4 is 11.6 Å². The number of fused-ring (bicyclic) bond motifs is 1. The molecule has 3 nitrogen and oxygen atoms in total. The van der Waals surface area contributed by atoms with Gasteiger partial charge in [-0.25, -0.2) is 0 Å². The number of anilines is 1. The van der Waals surface area contributed by atoms with Crippen LogP contribution < -0.4 is 4.90 Å². The summed E-state index contributed by atoms with van der Waals surface area (Å²) < 4.78 is 0. The second kappa shape index (κ2) is 6.22. The van der Waals surface area contributed by atoms with Gasteiger partial charge in [-0.1, -0.05) is 42.5 Å². The largest absolute Gasteiger partial charge is 0.365 e. The molecule has 1 atom stereocenters. The van der Waals surface area contributed by atoms with E-state index in [9.17, 15) is 4.79 Å². The summed E-state index contributed by atoms with van der Waals surface area (Å²) in [5.41, 5.74) is 3.75. The molecular formula is C19H22N2O. The van der Waals surface area contributed by atoms with Gasteiger partial charge in [0.1, 0.15) is 0 Å². The molecule has 3 heteroatoms. The van der Waals surface area contributed by atoms with E-state index in [-0.39, 0.29) is 11.9 Å². The highest BCUT2D eigenvalue weighted by atomic mass is 16.2. The molecule has 22 heavy (non-hydrogen) atoms. The lowest BCUT2D eigenvalue weighted by Crippen LogP contribution is -2.38. The standard InChI is InChI=1S/C19H22N2O/c1-20(16-9-4-3-5-10-16)14-19(22)21(2)18-13-12-15-8-6-7-11-17(15)18/h3-11,18H,12-14H2,1-2H3/t18-/m0/s1. The summed E-state index contributed by atoms with van der Waals surface area (Å²) in [7, 11) is 3.89. The van der Waals surface area contributed by atoms with Crippen LogP contribution in [0.4, 0.5) is 5.69 Å². The summed E-state index contributed by atoms with van der Waals surface area (Å²) in [6.45, 7) is 0.402. The molecule has 0 spiro atoms. The smallest absolute Gasteiger partial charge is 0.242 e. The van der Waals surface area contributed by atoms with Gasteiger partial charge in [0.15, 0.2) is 0 Å². The van der Waals surface area contributed by atoms with Crippen LogP contribution in [0.3, 0.4) is 0 Å². The fourth-order valence-corrected chi connectivity index (χ4v) is 3.20. The summed E-state index contributed by atoms with van der Waals surface area (Å²) in [6.07, 6.45) is 2.09. The quantitative estimate of drug-likeness (QED) is 0.864. The van der Waals surface area contributed by atoms with Crippen molar-refractivity contribution in [3.63, 3.8) is 0 Å². The van der Waals surface area contributed by atoms with Gasteiger partial charge < -0.3 is 9.80 Å². The molecule has 2 aromatic rings. The van der Waals surface area contributed by atoms with Crippen LogP contribution in [0.1, 0.15) is 23.6 Å². The molecular weight excluding hydrogens is 272 g/mol. The molecule has 1 amide bonds. The molecule has 3 rings (SSSR count). The average molecular weight is 294 g/mol. The number of rotatable bonds is 4. The zero-order chi connectivity index (χ0) is 15.5. The summed E-state index contributed by atoms with van der Waals surface area (Å²) in [5, 5.41) is 0. The molecule has 114 valence electrons. The monoisotopic (exact) mass is 294 g/mol. The van der Waals surface area contributed by atoms with Crippen molar-refractivity contribution in [2.75, 3.05) is 25.5 Å². The number of carbonyl (C=O) groups is 1. The lowest BCUT2D eigenvalue weighted by Gasteiger charge is -2.28. The Hall–Kier alpha value is -2.29. The number of hydrogen-bond donors (Lipinski definition) is 0. The molecule has 0 saturated carbocycles. The summed E-state index contributed by atoms with van der Waals surface area (Å²) in [4.78, 5) is 16.5. The van der Waals surface area contributed by atoms with Gasteiger partial charge in [-0.3, -0.25) is 4.79 Å². The van der Waals surface area contributed by atoms with Crippen LogP contribution in [0.2, 0.25) is 0 Å². The van der Waals surface area contributed by atoms with E-state index in [1.807, 2.05) is 54.2 Å². The van der Waals surface area contributed by atoms with Gasteiger partial charge >= 0.3 is 0 Å². The summed E-state index contributed by atoms with van der Waals surface area (Å²) >= 11 is 0. The lowest BCUT2D eigenvalue weighted by molar-refractivity contribution is -0.130. The third-order valence-corrected chi connectivity index (χ3v) is 4.53. The third-order valence-electron chi connectivity index (χ3n) is 4.53. The third kappa shape index (κ3) is 2.84. The highest BCUT2D eigenvalue weighted by molar-refractivity contribution is 5.81. The molecule has 0 aliphatic heterocycles. The molecule has 1 aliphatic rings. The van der Waals surface area contributed by atoms with Crippen LogP contribution in [0.15, 0.2) is 54.6 Å². The van der Waals surface area contributed by atoms with Crippen molar-refractivity contribution in [3.05, 3.63) is 65.7 Å². The van der Waals surface area contributed by atoms with Crippen LogP contribution in [-0.2, 0) is 11.2 Å². The van der Waals surface area contributed by atoms with E-state index in [0.29, 0.717) is 6.54 Å². The summed E-state index contributed by atoms with van der Waals surface area (Å²) in [5.74, 6) is 0.160. The van der Waals surface area contributed by atoms with Gasteiger partial charge in [0, 0.05) is 19.8 Å². The van der Waals surface area contributed by atoms with Gasteiger partial charge in [0.05, 0.1) is 12.6 Å². The molecule has 0 saturated heterocycles. The van der Waals surface area contributed by atoms with Crippen molar-refractivity contribution < 1.29 is 4.79 Å². The van der Waals surface area contributed by atoms with Crippen molar-refractivity contribution in [2.45, 2.75) is 18.9 Å². The van der Waals surface area contributed by atoms with Crippen LogP contribution in [0.25, 0.3) is 0 Å². The molecule has 0 aromatic heterocycles. The normalized spacial score (nSPS) is 16.2. The van der Waals surface area contributed by atoms with E-state index in [4.69, 9.17) is 0 Å². The van der Waals surface area contributed by atoms with Gasteiger partial charge in [0.2, 0.25) is 5.91 Å². The maximum absolute atomic E-state index is 12.6. The van der Waals surface area contributed by atoms with Crippen LogP contribution in [-0.4, -0.2) is 31.4 Å². The minimum atomic E-state index is 0.160. The van der Waals surface area contributed by atoms with Crippen molar-refractivity contribution in [1.29, 1.82) is 0 Å². The predicted octanol–water partition coefficient (Wildman–Crippen LogP) is 3.27. The number of hydrogen-bond acceptors (Lipinski definition) is 2. The maximum Gasteiger partial charge on any atom is 0.242 e. The molecule has 0 bridgehead atoms. The number of amides is 1. The number of para-hydroxylation sites is 1. The molecule has 1 aliphatic carbocycles. The SMILES string of the molecule is CN(CC(=O)N(C)[C@H]1CCc2ccccc21)c1ccccc1. The molecule has 0 heterocycles. The minimum Gasteiger partial charge on any atom is -0.365 e. The van der Waals surface area contributed by atoms with E-state index in [1.165, 1.54) is 11.1 Å². The number of benzene rings is 2. The second-order valence-electron chi connectivity index (χ2n) is 5.95. The summed E-state index contributed by atoms with van der Waals surface area (Å²) in [6, 6.07) is 18.7. The molecule has 0 fully saturated rings. The molecule has 0 N–H and O–H groups in total. The zero-order valence-corrected chi connectivity index (χ0v) is 13.2. The Morgan fingerprint density at radius 3 is 2.50 bits per heavy atom. The first-order valence-corrected chi connectivity index (χ1v) is 7.76. The van der Waals surface area contributed by atoms with Crippen LogP contribution in [0.5, 0.6) is 0 Å². The first-order chi connectivity index (χ1) is 10.7. The van der Waals surface area contributed by atoms with Crippen molar-refractivity contribution in [1.82, 2.24) is 4.90 Å². The Labute approximate surface area is 132 Å². The number of carbonyl (C=O) groups excluding carboxylic acids is 1. The minimum absolute atomic E-state index is 0.160. The Kier molecular flexibility index (Phi) is 4.14. The molecule has 2 aromatic carbocycles. The fourth-order valence-electron chi connectivity index (χ4n) is 3.20. The van der Waals surface area contributed by atoms with E-state index in [1.54, 1.807) is 0 Å². The van der Waals surface area contributed by atoms with E-state index < -0.39 is 0 Å². The number of likely N-dealkylation sites (N-methyl/N-ethyl adjacent to an activating group) is 2. The lowest BCUT2D eigenvalue weighted by atomic mass is 10.1. The van der Waals surface area contributed by atoms with E-state index in [0.717, 1.165) is 18.5 Å². The van der Waals surface area contributed by atoms with E-state index >= 15 is 0 Å². The van der Waals surface area contributed by atoms with E-state index in [2.05, 4.69) is 24.3 Å². The zero-order valence-electron chi connectivity index (χ0n) is 13.2. The Morgan fingerprint density at radius 1 is 1.05 bits per heavy atom. The fraction of sp³-hybridized carbons (Fsp3) is 0.316. The first kappa shape index (κ1) is 14.6. The van der Waals surface area contributed by atoms with Crippen molar-refractivity contribution in [3.8, 4) is 0 Å². The van der Waals surface area contributed by atoms with Gasteiger partial charge in [-0.05, 0) is 36.1 Å². The topological polar surface area (TPSA) is 23.6 Å².